The number of piperazine rings is 1. The first kappa shape index (κ1) is 17.2. The Hall–Kier alpha value is -2.68. The van der Waals surface area contributed by atoms with Gasteiger partial charge in [0.2, 0.25) is 5.91 Å². The van der Waals surface area contributed by atoms with Gasteiger partial charge in [0, 0.05) is 44.6 Å². The third kappa shape index (κ3) is 4.24. The Morgan fingerprint density at radius 2 is 1.80 bits per heavy atom. The number of nitrogens with zero attached hydrogens (tertiary/aromatic N) is 5. The monoisotopic (exact) mass is 359 g/mol. The number of amides is 1. The van der Waals surface area contributed by atoms with Gasteiger partial charge in [-0.2, -0.15) is 0 Å². The first-order valence-electron chi connectivity index (χ1n) is 7.81. The van der Waals surface area contributed by atoms with Crippen molar-refractivity contribution in [2.24, 2.45) is 0 Å². The quantitative estimate of drug-likeness (QED) is 0.348. The first-order valence-corrected chi connectivity index (χ1v) is 8.79. The number of hydrogen-bond donors (Lipinski definition) is 0. The molecule has 8 nitrogen and oxygen atoms in total. The summed E-state index contributed by atoms with van der Waals surface area (Å²) in [7, 11) is 0. The number of para-hydroxylation sites is 2. The first-order chi connectivity index (χ1) is 12.1. The molecule has 1 aliphatic rings. The van der Waals surface area contributed by atoms with E-state index in [2.05, 4.69) is 9.97 Å². The lowest BCUT2D eigenvalue weighted by Gasteiger charge is -2.35. The molecule has 130 valence electrons. The number of thioether (sulfide) groups is 1. The van der Waals surface area contributed by atoms with Crippen LogP contribution in [-0.2, 0) is 4.79 Å². The molecule has 1 aromatic carbocycles. The summed E-state index contributed by atoms with van der Waals surface area (Å²) in [6.07, 6.45) is 3.29. The minimum atomic E-state index is -0.372. The second kappa shape index (κ2) is 7.93. The number of aromatic nitrogens is 2. The highest BCUT2D eigenvalue weighted by Gasteiger charge is 2.25. The number of hydrogen-bond acceptors (Lipinski definition) is 7. The van der Waals surface area contributed by atoms with E-state index in [0.29, 0.717) is 37.0 Å². The molecule has 2 heterocycles. The Morgan fingerprint density at radius 1 is 1.12 bits per heavy atom. The normalized spacial score (nSPS) is 14.4. The summed E-state index contributed by atoms with van der Waals surface area (Å²) in [6, 6.07) is 8.43. The maximum atomic E-state index is 12.3. The van der Waals surface area contributed by atoms with Gasteiger partial charge in [0.1, 0.15) is 5.69 Å². The Bertz CT molecular complexity index is 750. The van der Waals surface area contributed by atoms with Gasteiger partial charge in [-0.25, -0.2) is 9.97 Å². The van der Waals surface area contributed by atoms with Gasteiger partial charge >= 0.3 is 0 Å². The van der Waals surface area contributed by atoms with Crippen molar-refractivity contribution in [1.82, 2.24) is 14.9 Å². The van der Waals surface area contributed by atoms with Crippen molar-refractivity contribution in [2.75, 3.05) is 36.8 Å². The van der Waals surface area contributed by atoms with Crippen LogP contribution in [0.3, 0.4) is 0 Å². The van der Waals surface area contributed by atoms with Crippen molar-refractivity contribution in [3.05, 3.63) is 52.8 Å². The van der Waals surface area contributed by atoms with Crippen LogP contribution in [0.25, 0.3) is 0 Å². The molecule has 0 spiro atoms. The fourth-order valence-corrected chi connectivity index (χ4v) is 3.37. The van der Waals surface area contributed by atoms with Crippen molar-refractivity contribution in [3.8, 4) is 0 Å². The molecule has 1 aliphatic heterocycles. The minimum absolute atomic E-state index is 0.0275. The van der Waals surface area contributed by atoms with Crippen LogP contribution < -0.4 is 4.90 Å². The molecule has 3 rings (SSSR count). The van der Waals surface area contributed by atoms with Crippen molar-refractivity contribution in [3.63, 3.8) is 0 Å². The average Bonchev–Trinajstić information content (AvgIpc) is 2.67. The zero-order chi connectivity index (χ0) is 17.6. The van der Waals surface area contributed by atoms with Crippen LogP contribution in [-0.4, -0.2) is 57.6 Å². The van der Waals surface area contributed by atoms with Crippen LogP contribution in [0.15, 0.2) is 47.9 Å². The molecule has 9 heteroatoms. The van der Waals surface area contributed by atoms with Gasteiger partial charge < -0.3 is 9.80 Å². The molecule has 0 aliphatic carbocycles. The largest absolute Gasteiger partial charge is 0.362 e. The van der Waals surface area contributed by atoms with E-state index < -0.39 is 0 Å². The van der Waals surface area contributed by atoms with E-state index in [1.807, 2.05) is 4.90 Å². The lowest BCUT2D eigenvalue weighted by molar-refractivity contribution is -0.384. The van der Waals surface area contributed by atoms with Crippen LogP contribution in [0.1, 0.15) is 0 Å². The molecule has 0 unspecified atom stereocenters. The molecule has 0 atom stereocenters. The molecule has 2 aromatic rings. The number of nitro benzene ring substituents is 1. The van der Waals surface area contributed by atoms with Gasteiger partial charge in [-0.15, -0.1) is 0 Å². The molecular weight excluding hydrogens is 342 g/mol. The van der Waals surface area contributed by atoms with Crippen molar-refractivity contribution in [2.45, 2.75) is 5.16 Å². The summed E-state index contributed by atoms with van der Waals surface area (Å²) in [5.74, 6) is 0.315. The number of nitro groups is 1. The molecule has 1 aromatic heterocycles. The second-order valence-electron chi connectivity index (χ2n) is 5.43. The van der Waals surface area contributed by atoms with E-state index in [1.165, 1.54) is 17.8 Å². The number of carbonyl (C=O) groups excluding carboxylic acids is 1. The maximum Gasteiger partial charge on any atom is 0.292 e. The molecule has 0 bridgehead atoms. The van der Waals surface area contributed by atoms with E-state index in [4.69, 9.17) is 0 Å². The van der Waals surface area contributed by atoms with Crippen LogP contribution in [0, 0.1) is 10.1 Å². The smallest absolute Gasteiger partial charge is 0.292 e. The van der Waals surface area contributed by atoms with E-state index in [9.17, 15) is 14.9 Å². The predicted molar refractivity (Wildman–Crippen MR) is 94.6 cm³/mol. The third-order valence-electron chi connectivity index (χ3n) is 3.92. The highest BCUT2D eigenvalue weighted by Crippen LogP contribution is 2.28. The molecular formula is C16H17N5O3S. The minimum Gasteiger partial charge on any atom is -0.362 e. The SMILES string of the molecule is O=C(CSc1ncccn1)N1CCN(c2ccccc2[N+](=O)[O-])CC1. The highest BCUT2D eigenvalue weighted by molar-refractivity contribution is 7.99. The number of rotatable bonds is 5. The van der Waals surface area contributed by atoms with Crippen molar-refractivity contribution >= 4 is 29.0 Å². The zero-order valence-electron chi connectivity index (χ0n) is 13.4. The maximum absolute atomic E-state index is 12.3. The molecule has 1 amide bonds. The molecule has 0 radical (unpaired) electrons. The predicted octanol–water partition coefficient (Wildman–Crippen LogP) is 1.83. The van der Waals surface area contributed by atoms with Gasteiger partial charge in [0.15, 0.2) is 5.16 Å². The van der Waals surface area contributed by atoms with Gasteiger partial charge in [0.25, 0.3) is 5.69 Å². The van der Waals surface area contributed by atoms with Gasteiger partial charge in [-0.1, -0.05) is 23.9 Å². The second-order valence-corrected chi connectivity index (χ2v) is 6.38. The van der Waals surface area contributed by atoms with E-state index in [1.54, 1.807) is 41.6 Å². The average molecular weight is 359 g/mol. The summed E-state index contributed by atoms with van der Waals surface area (Å²) in [4.78, 5) is 35.0. The lowest BCUT2D eigenvalue weighted by atomic mass is 10.2. The van der Waals surface area contributed by atoms with Crippen LogP contribution in [0.2, 0.25) is 0 Å². The van der Waals surface area contributed by atoms with Crippen LogP contribution in [0.5, 0.6) is 0 Å². The summed E-state index contributed by atoms with van der Waals surface area (Å²) < 4.78 is 0. The molecule has 25 heavy (non-hydrogen) atoms. The van der Waals surface area contributed by atoms with E-state index >= 15 is 0 Å². The summed E-state index contributed by atoms with van der Waals surface area (Å²) in [6.45, 7) is 2.23. The number of carbonyl (C=O) groups is 1. The molecule has 0 N–H and O–H groups in total. The van der Waals surface area contributed by atoms with Crippen LogP contribution in [0.4, 0.5) is 11.4 Å². The van der Waals surface area contributed by atoms with Gasteiger partial charge in [-0.05, 0) is 12.1 Å². The molecule has 0 saturated carbocycles. The van der Waals surface area contributed by atoms with Gasteiger partial charge in [-0.3, -0.25) is 14.9 Å². The fourth-order valence-electron chi connectivity index (χ4n) is 2.66. The van der Waals surface area contributed by atoms with Crippen molar-refractivity contribution in [1.29, 1.82) is 0 Å². The summed E-state index contributed by atoms with van der Waals surface area (Å²) in [5, 5.41) is 11.7. The third-order valence-corrected chi connectivity index (χ3v) is 4.78. The Labute approximate surface area is 149 Å². The van der Waals surface area contributed by atoms with Gasteiger partial charge in [0.05, 0.1) is 10.7 Å². The Balaban J connectivity index is 1.55. The van der Waals surface area contributed by atoms with E-state index in [0.717, 1.165) is 0 Å². The summed E-state index contributed by atoms with van der Waals surface area (Å²) >= 11 is 1.31. The lowest BCUT2D eigenvalue weighted by Crippen LogP contribution is -2.49. The fraction of sp³-hybridized carbons (Fsp3) is 0.312. The van der Waals surface area contributed by atoms with Crippen molar-refractivity contribution < 1.29 is 9.72 Å². The van der Waals surface area contributed by atoms with E-state index in [-0.39, 0.29) is 22.3 Å². The topological polar surface area (TPSA) is 92.5 Å². The Kier molecular flexibility index (Phi) is 5.44. The summed E-state index contributed by atoms with van der Waals surface area (Å²) in [5.41, 5.74) is 0.700. The molecule has 1 saturated heterocycles. The number of benzene rings is 1. The zero-order valence-corrected chi connectivity index (χ0v) is 14.3. The standard InChI is InChI=1S/C16H17N5O3S/c22-15(12-25-16-17-6-3-7-18-16)20-10-8-19(9-11-20)13-4-1-2-5-14(13)21(23)24/h1-7H,8-12H2. The Morgan fingerprint density at radius 3 is 2.48 bits per heavy atom. The molecule has 1 fully saturated rings. The highest BCUT2D eigenvalue weighted by atomic mass is 32.2. The van der Waals surface area contributed by atoms with Crippen LogP contribution >= 0.6 is 11.8 Å². The number of anilines is 1.